The van der Waals surface area contributed by atoms with Crippen LogP contribution in [0.4, 0.5) is 0 Å². The average Bonchev–Trinajstić information content (AvgIpc) is 2.90. The summed E-state index contributed by atoms with van der Waals surface area (Å²) < 4.78 is 0. The van der Waals surface area contributed by atoms with Gasteiger partial charge in [0.05, 0.1) is 0 Å². The Balaban J connectivity index is 0.000000845. The van der Waals surface area contributed by atoms with Crippen LogP contribution in [-0.2, 0) is 0 Å². The lowest BCUT2D eigenvalue weighted by atomic mass is 10.0. The van der Waals surface area contributed by atoms with Crippen LogP contribution in [-0.4, -0.2) is 4.98 Å². The zero-order valence-electron chi connectivity index (χ0n) is 7.52. The lowest BCUT2D eigenvalue weighted by Crippen LogP contribution is -2.10. The van der Waals surface area contributed by atoms with Gasteiger partial charge in [0.2, 0.25) is 0 Å². The van der Waals surface area contributed by atoms with E-state index in [1.165, 1.54) is 18.4 Å². The van der Waals surface area contributed by atoms with Gasteiger partial charge in [0.25, 0.3) is 0 Å². The summed E-state index contributed by atoms with van der Waals surface area (Å²) in [5.74, 6) is 0.896. The number of rotatable bonds is 3. The van der Waals surface area contributed by atoms with Crippen molar-refractivity contribution in [2.24, 2.45) is 11.7 Å². The molecule has 0 aliphatic heterocycles. The Bertz CT molecular complexity index is 246. The molecule has 2 N–H and O–H groups in total. The maximum absolute atomic E-state index is 6.01. The maximum atomic E-state index is 6.01. The van der Waals surface area contributed by atoms with Crippen LogP contribution in [0.3, 0.4) is 0 Å². The predicted molar refractivity (Wildman–Crippen MR) is 55.8 cm³/mol. The minimum absolute atomic E-state index is 0. The second kappa shape index (κ2) is 4.58. The summed E-state index contributed by atoms with van der Waals surface area (Å²) in [5.41, 5.74) is 7.23. The third-order valence-corrected chi connectivity index (χ3v) is 2.42. The Kier molecular flexibility index (Phi) is 3.70. The molecule has 0 spiro atoms. The predicted octanol–water partition coefficient (Wildman–Crippen LogP) is 2.30. The molecular weight excluding hydrogens is 184 g/mol. The van der Waals surface area contributed by atoms with Crippen LogP contribution in [0.25, 0.3) is 0 Å². The van der Waals surface area contributed by atoms with Crippen molar-refractivity contribution in [1.29, 1.82) is 0 Å². The van der Waals surface area contributed by atoms with Crippen LogP contribution in [0, 0.1) is 5.92 Å². The zero-order valence-corrected chi connectivity index (χ0v) is 8.33. The molecule has 1 aromatic rings. The monoisotopic (exact) mass is 198 g/mol. The molecule has 0 bridgehead atoms. The summed E-state index contributed by atoms with van der Waals surface area (Å²) in [7, 11) is 0. The lowest BCUT2D eigenvalue weighted by molar-refractivity contribution is 0.596. The molecular formula is C10H15ClN2. The molecule has 1 aromatic heterocycles. The normalized spacial score (nSPS) is 17.6. The molecule has 13 heavy (non-hydrogen) atoms. The number of pyridine rings is 1. The highest BCUT2D eigenvalue weighted by molar-refractivity contribution is 5.85. The van der Waals surface area contributed by atoms with Gasteiger partial charge in [0.15, 0.2) is 0 Å². The summed E-state index contributed by atoms with van der Waals surface area (Å²) >= 11 is 0. The van der Waals surface area contributed by atoms with Gasteiger partial charge in [-0.3, -0.25) is 4.98 Å². The van der Waals surface area contributed by atoms with E-state index in [4.69, 9.17) is 5.73 Å². The van der Waals surface area contributed by atoms with Crippen molar-refractivity contribution in [3.8, 4) is 0 Å². The van der Waals surface area contributed by atoms with Gasteiger partial charge in [-0.05, 0) is 30.0 Å². The van der Waals surface area contributed by atoms with E-state index in [-0.39, 0.29) is 18.4 Å². The van der Waals surface area contributed by atoms with Gasteiger partial charge in [0, 0.05) is 18.4 Å². The first kappa shape index (κ1) is 10.5. The number of nitrogens with two attached hydrogens (primary N) is 1. The molecule has 1 aliphatic rings. The minimum Gasteiger partial charge on any atom is -0.324 e. The van der Waals surface area contributed by atoms with E-state index >= 15 is 0 Å². The van der Waals surface area contributed by atoms with Gasteiger partial charge in [0.1, 0.15) is 0 Å². The van der Waals surface area contributed by atoms with E-state index in [0.717, 1.165) is 12.3 Å². The number of hydrogen-bond acceptors (Lipinski definition) is 2. The van der Waals surface area contributed by atoms with Crippen LogP contribution >= 0.6 is 12.4 Å². The average molecular weight is 199 g/mol. The first-order chi connectivity index (χ1) is 5.86. The number of nitrogens with zero attached hydrogens (tertiary/aromatic N) is 1. The second-order valence-corrected chi connectivity index (χ2v) is 3.57. The number of aromatic nitrogens is 1. The van der Waals surface area contributed by atoms with Gasteiger partial charge >= 0.3 is 0 Å². The van der Waals surface area contributed by atoms with Gasteiger partial charge in [-0.2, -0.15) is 0 Å². The van der Waals surface area contributed by atoms with Crippen molar-refractivity contribution >= 4 is 12.4 Å². The van der Waals surface area contributed by atoms with Crippen molar-refractivity contribution in [2.45, 2.75) is 25.3 Å². The summed E-state index contributed by atoms with van der Waals surface area (Å²) in [5, 5.41) is 0. The molecule has 0 radical (unpaired) electrons. The van der Waals surface area contributed by atoms with Crippen LogP contribution < -0.4 is 5.73 Å². The summed E-state index contributed by atoms with van der Waals surface area (Å²) in [6, 6.07) is 4.24. The molecule has 1 fully saturated rings. The quantitative estimate of drug-likeness (QED) is 0.810. The fraction of sp³-hybridized carbons (Fsp3) is 0.500. The Labute approximate surface area is 85.0 Å². The van der Waals surface area contributed by atoms with Crippen molar-refractivity contribution < 1.29 is 0 Å². The topological polar surface area (TPSA) is 38.9 Å². The van der Waals surface area contributed by atoms with Crippen molar-refractivity contribution in [3.05, 3.63) is 30.1 Å². The minimum atomic E-state index is 0. The van der Waals surface area contributed by atoms with Gasteiger partial charge in [-0.25, -0.2) is 0 Å². The molecule has 2 rings (SSSR count). The molecule has 72 valence electrons. The number of halogens is 1. The van der Waals surface area contributed by atoms with E-state index in [2.05, 4.69) is 4.98 Å². The highest BCUT2D eigenvalue weighted by Crippen LogP contribution is 2.36. The van der Waals surface area contributed by atoms with E-state index in [9.17, 15) is 0 Å². The second-order valence-electron chi connectivity index (χ2n) is 3.57. The van der Waals surface area contributed by atoms with Crippen LogP contribution in [0.15, 0.2) is 24.5 Å². The van der Waals surface area contributed by atoms with Gasteiger partial charge in [-0.1, -0.05) is 12.8 Å². The zero-order chi connectivity index (χ0) is 8.39. The lowest BCUT2D eigenvalue weighted by Gasteiger charge is -2.09. The molecule has 0 unspecified atom stereocenters. The molecule has 0 saturated heterocycles. The van der Waals surface area contributed by atoms with E-state index in [1.807, 2.05) is 24.5 Å². The molecule has 1 saturated carbocycles. The standard InChI is InChI=1S/C10H14N2.ClH/c11-10(7-8-1-2-8)9-3-5-12-6-4-9;/h3-6,8,10H,1-2,7,11H2;1H/t10-;/m0./s1. The summed E-state index contributed by atoms with van der Waals surface area (Å²) in [6.45, 7) is 0. The van der Waals surface area contributed by atoms with Gasteiger partial charge < -0.3 is 5.73 Å². The van der Waals surface area contributed by atoms with Gasteiger partial charge in [-0.15, -0.1) is 12.4 Å². The van der Waals surface area contributed by atoms with E-state index in [0.29, 0.717) is 0 Å². The maximum Gasteiger partial charge on any atom is 0.0298 e. The highest BCUT2D eigenvalue weighted by Gasteiger charge is 2.24. The van der Waals surface area contributed by atoms with Crippen LogP contribution in [0.1, 0.15) is 30.9 Å². The number of hydrogen-bond donors (Lipinski definition) is 1. The van der Waals surface area contributed by atoms with E-state index < -0.39 is 0 Å². The Hall–Kier alpha value is -0.600. The molecule has 3 heteroatoms. The van der Waals surface area contributed by atoms with Crippen LogP contribution in [0.2, 0.25) is 0 Å². The fourth-order valence-electron chi connectivity index (χ4n) is 1.46. The van der Waals surface area contributed by atoms with Crippen LogP contribution in [0.5, 0.6) is 0 Å². The molecule has 1 atom stereocenters. The molecule has 0 amide bonds. The third-order valence-electron chi connectivity index (χ3n) is 2.42. The van der Waals surface area contributed by atoms with Crippen molar-refractivity contribution in [2.75, 3.05) is 0 Å². The smallest absolute Gasteiger partial charge is 0.0298 e. The fourth-order valence-corrected chi connectivity index (χ4v) is 1.46. The molecule has 0 aromatic carbocycles. The first-order valence-corrected chi connectivity index (χ1v) is 4.52. The summed E-state index contributed by atoms with van der Waals surface area (Å²) in [6.07, 6.45) is 7.51. The molecule has 2 nitrogen and oxygen atoms in total. The molecule has 1 aliphatic carbocycles. The van der Waals surface area contributed by atoms with Crippen molar-refractivity contribution in [1.82, 2.24) is 4.98 Å². The molecule has 1 heterocycles. The largest absolute Gasteiger partial charge is 0.324 e. The third kappa shape index (κ3) is 2.98. The Morgan fingerprint density at radius 2 is 2.00 bits per heavy atom. The SMILES string of the molecule is Cl.N[C@@H](CC1CC1)c1ccncc1. The first-order valence-electron chi connectivity index (χ1n) is 4.52. The summed E-state index contributed by atoms with van der Waals surface area (Å²) in [4.78, 5) is 3.97. The Morgan fingerprint density at radius 1 is 1.38 bits per heavy atom. The van der Waals surface area contributed by atoms with E-state index in [1.54, 1.807) is 0 Å². The van der Waals surface area contributed by atoms with Crippen molar-refractivity contribution in [3.63, 3.8) is 0 Å². The Morgan fingerprint density at radius 3 is 2.54 bits per heavy atom. The highest BCUT2D eigenvalue weighted by atomic mass is 35.5.